The number of anilines is 2. The average molecular weight is 527 g/mol. The third kappa shape index (κ3) is 6.85. The summed E-state index contributed by atoms with van der Waals surface area (Å²) in [4.78, 5) is 26.2. The molecule has 2 aromatic heterocycles. The topological polar surface area (TPSA) is 112 Å². The molecular formula is C26H25F3N6O3. The SMILES string of the molecule is CN(CCCO)c1ccc2c(Oc3ccc(NC(=O)NCc4ccc(C(F)(F)F)nc4)cc3)ncnc2c1. The van der Waals surface area contributed by atoms with Crippen molar-refractivity contribution in [1.82, 2.24) is 20.3 Å². The summed E-state index contributed by atoms with van der Waals surface area (Å²) < 4.78 is 43.8. The van der Waals surface area contributed by atoms with Crippen LogP contribution in [0, 0.1) is 0 Å². The lowest BCUT2D eigenvalue weighted by Crippen LogP contribution is -2.28. The molecule has 0 atom stereocenters. The van der Waals surface area contributed by atoms with Crippen molar-refractivity contribution < 1.29 is 27.8 Å². The number of urea groups is 1. The van der Waals surface area contributed by atoms with Crippen LogP contribution >= 0.6 is 0 Å². The summed E-state index contributed by atoms with van der Waals surface area (Å²) in [5, 5.41) is 15.0. The number of pyridine rings is 1. The molecule has 198 valence electrons. The maximum absolute atomic E-state index is 12.6. The highest BCUT2D eigenvalue weighted by Crippen LogP contribution is 2.30. The second-order valence-corrected chi connectivity index (χ2v) is 8.36. The number of nitrogens with one attached hydrogen (secondary N) is 2. The molecule has 38 heavy (non-hydrogen) atoms. The number of rotatable bonds is 9. The minimum atomic E-state index is -4.51. The summed E-state index contributed by atoms with van der Waals surface area (Å²) in [6.45, 7) is 0.844. The molecule has 0 spiro atoms. The van der Waals surface area contributed by atoms with Crippen molar-refractivity contribution >= 4 is 28.3 Å². The number of hydrogen-bond acceptors (Lipinski definition) is 7. The number of halogens is 3. The van der Waals surface area contributed by atoms with Gasteiger partial charge < -0.3 is 25.4 Å². The molecule has 0 bridgehead atoms. The third-order valence-electron chi connectivity index (χ3n) is 5.57. The minimum absolute atomic E-state index is 0.0118. The Labute approximate surface area is 216 Å². The Morgan fingerprint density at radius 1 is 1.05 bits per heavy atom. The number of carbonyl (C=O) groups excluding carboxylic acids is 1. The predicted octanol–water partition coefficient (Wildman–Crippen LogP) is 4.98. The van der Waals surface area contributed by atoms with Crippen LogP contribution in [-0.2, 0) is 12.7 Å². The first-order valence-electron chi connectivity index (χ1n) is 11.6. The van der Waals surface area contributed by atoms with Gasteiger partial charge in [-0.25, -0.2) is 14.8 Å². The van der Waals surface area contributed by atoms with Gasteiger partial charge in [0.2, 0.25) is 5.88 Å². The molecular weight excluding hydrogens is 501 g/mol. The van der Waals surface area contributed by atoms with Crippen molar-refractivity contribution in [1.29, 1.82) is 0 Å². The number of aromatic nitrogens is 3. The number of aliphatic hydroxyl groups excluding tert-OH is 1. The summed E-state index contributed by atoms with van der Waals surface area (Å²) >= 11 is 0. The average Bonchev–Trinajstić information content (AvgIpc) is 2.91. The molecule has 2 aromatic carbocycles. The Morgan fingerprint density at radius 2 is 1.84 bits per heavy atom. The van der Waals surface area contributed by atoms with Crippen molar-refractivity contribution in [3.8, 4) is 11.6 Å². The van der Waals surface area contributed by atoms with Gasteiger partial charge in [0.25, 0.3) is 0 Å². The maximum atomic E-state index is 12.6. The number of aliphatic hydroxyl groups is 1. The van der Waals surface area contributed by atoms with Crippen molar-refractivity contribution in [2.45, 2.75) is 19.1 Å². The molecule has 0 saturated heterocycles. The van der Waals surface area contributed by atoms with Gasteiger partial charge in [-0.2, -0.15) is 13.2 Å². The van der Waals surface area contributed by atoms with Crippen molar-refractivity contribution in [2.75, 3.05) is 30.4 Å². The van der Waals surface area contributed by atoms with E-state index in [0.717, 1.165) is 23.3 Å². The number of amides is 2. The zero-order chi connectivity index (χ0) is 27.1. The molecule has 0 aliphatic heterocycles. The Morgan fingerprint density at radius 3 is 2.53 bits per heavy atom. The van der Waals surface area contributed by atoms with Gasteiger partial charge in [-0.3, -0.25) is 4.98 Å². The highest BCUT2D eigenvalue weighted by atomic mass is 19.4. The van der Waals surface area contributed by atoms with E-state index in [-0.39, 0.29) is 13.2 Å². The summed E-state index contributed by atoms with van der Waals surface area (Å²) in [6, 6.07) is 14.0. The Bertz CT molecular complexity index is 1380. The monoisotopic (exact) mass is 526 g/mol. The molecule has 0 aliphatic carbocycles. The summed E-state index contributed by atoms with van der Waals surface area (Å²) in [5.74, 6) is 0.874. The van der Waals surface area contributed by atoms with Crippen LogP contribution < -0.4 is 20.3 Å². The number of benzene rings is 2. The van der Waals surface area contributed by atoms with Crippen LogP contribution in [0.3, 0.4) is 0 Å². The van der Waals surface area contributed by atoms with Gasteiger partial charge in [0.15, 0.2) is 0 Å². The van der Waals surface area contributed by atoms with Crippen LogP contribution in [0.2, 0.25) is 0 Å². The smallest absolute Gasteiger partial charge is 0.433 e. The van der Waals surface area contributed by atoms with Crippen LogP contribution in [0.4, 0.5) is 29.3 Å². The molecule has 0 aliphatic rings. The van der Waals surface area contributed by atoms with E-state index >= 15 is 0 Å². The Kier molecular flexibility index (Phi) is 8.22. The fraction of sp³-hybridized carbons (Fsp3) is 0.231. The number of fused-ring (bicyclic) bond motifs is 1. The molecule has 4 rings (SSSR count). The molecule has 0 saturated carbocycles. The van der Waals surface area contributed by atoms with Gasteiger partial charge in [-0.05, 0) is 60.5 Å². The zero-order valence-electron chi connectivity index (χ0n) is 20.4. The highest BCUT2D eigenvalue weighted by Gasteiger charge is 2.32. The number of ether oxygens (including phenoxy) is 1. The molecule has 0 fully saturated rings. The molecule has 2 amide bonds. The van der Waals surface area contributed by atoms with E-state index in [9.17, 15) is 18.0 Å². The summed E-state index contributed by atoms with van der Waals surface area (Å²) in [7, 11) is 1.94. The van der Waals surface area contributed by atoms with Crippen LogP contribution in [0.1, 0.15) is 17.7 Å². The largest absolute Gasteiger partial charge is 0.438 e. The van der Waals surface area contributed by atoms with Crippen molar-refractivity contribution in [3.05, 3.63) is 78.4 Å². The van der Waals surface area contributed by atoms with Gasteiger partial charge in [-0.1, -0.05) is 6.07 Å². The second kappa shape index (κ2) is 11.7. The van der Waals surface area contributed by atoms with Gasteiger partial charge in [0.05, 0.1) is 10.9 Å². The first kappa shape index (κ1) is 26.6. The predicted molar refractivity (Wildman–Crippen MR) is 136 cm³/mol. The number of carbonyl (C=O) groups is 1. The molecule has 2 heterocycles. The summed E-state index contributed by atoms with van der Waals surface area (Å²) in [6.07, 6.45) is -1.36. The summed E-state index contributed by atoms with van der Waals surface area (Å²) in [5.41, 5.74) is 1.59. The molecule has 0 unspecified atom stereocenters. The van der Waals surface area contributed by atoms with E-state index in [1.165, 1.54) is 12.4 Å². The van der Waals surface area contributed by atoms with E-state index in [2.05, 4.69) is 25.6 Å². The maximum Gasteiger partial charge on any atom is 0.433 e. The first-order chi connectivity index (χ1) is 18.2. The first-order valence-corrected chi connectivity index (χ1v) is 11.6. The van der Waals surface area contributed by atoms with E-state index in [0.29, 0.717) is 41.4 Å². The van der Waals surface area contributed by atoms with Gasteiger partial charge in [-0.15, -0.1) is 0 Å². The lowest BCUT2D eigenvalue weighted by atomic mass is 10.2. The van der Waals surface area contributed by atoms with Crippen molar-refractivity contribution in [3.63, 3.8) is 0 Å². The minimum Gasteiger partial charge on any atom is -0.438 e. The normalized spacial score (nSPS) is 11.3. The van der Waals surface area contributed by atoms with E-state index in [1.54, 1.807) is 24.3 Å². The molecule has 9 nitrogen and oxygen atoms in total. The van der Waals surface area contributed by atoms with Crippen LogP contribution in [0.15, 0.2) is 67.1 Å². The molecule has 12 heteroatoms. The van der Waals surface area contributed by atoms with Crippen LogP contribution in [-0.4, -0.2) is 46.3 Å². The van der Waals surface area contributed by atoms with E-state index in [1.807, 2.05) is 30.1 Å². The zero-order valence-corrected chi connectivity index (χ0v) is 20.4. The van der Waals surface area contributed by atoms with E-state index < -0.39 is 17.9 Å². The fourth-order valence-corrected chi connectivity index (χ4v) is 3.55. The van der Waals surface area contributed by atoms with Crippen LogP contribution in [0.25, 0.3) is 10.9 Å². The number of nitrogens with zero attached hydrogens (tertiary/aromatic N) is 4. The van der Waals surface area contributed by atoms with Gasteiger partial charge in [0.1, 0.15) is 17.8 Å². The molecule has 4 aromatic rings. The molecule has 3 N–H and O–H groups in total. The standard InChI is InChI=1S/C26H25F3N6O3/c1-35(11-2-12-36)19-6-9-21-22(13-19)32-16-33-24(21)38-20-7-4-18(5-8-20)34-25(37)31-15-17-3-10-23(30-14-17)26(27,28)29/h3-10,13-14,16,36H,2,11-12,15H2,1H3,(H2,31,34,37). The van der Waals surface area contributed by atoms with Crippen LogP contribution in [0.5, 0.6) is 11.6 Å². The fourth-order valence-electron chi connectivity index (χ4n) is 3.55. The van der Waals surface area contributed by atoms with Gasteiger partial charge in [0, 0.05) is 44.3 Å². The number of hydrogen-bond donors (Lipinski definition) is 3. The lowest BCUT2D eigenvalue weighted by Gasteiger charge is -2.19. The Balaban J connectivity index is 1.34. The van der Waals surface area contributed by atoms with E-state index in [4.69, 9.17) is 9.84 Å². The molecule has 0 radical (unpaired) electrons. The highest BCUT2D eigenvalue weighted by molar-refractivity contribution is 5.89. The lowest BCUT2D eigenvalue weighted by molar-refractivity contribution is -0.141. The Hall–Kier alpha value is -4.45. The van der Waals surface area contributed by atoms with Crippen molar-refractivity contribution in [2.24, 2.45) is 0 Å². The quantitative estimate of drug-likeness (QED) is 0.282. The number of alkyl halides is 3. The van der Waals surface area contributed by atoms with Gasteiger partial charge >= 0.3 is 12.2 Å². The third-order valence-corrected chi connectivity index (χ3v) is 5.57. The second-order valence-electron chi connectivity index (χ2n) is 8.36.